The first-order valence-electron chi connectivity index (χ1n) is 6.22. The molecule has 0 spiro atoms. The first kappa shape index (κ1) is 16.5. The van der Waals surface area contributed by atoms with Crippen LogP contribution in [-0.2, 0) is 0 Å². The van der Waals surface area contributed by atoms with Crippen LogP contribution in [0.15, 0.2) is 22.7 Å². The van der Waals surface area contributed by atoms with Crippen LogP contribution in [-0.4, -0.2) is 37.5 Å². The van der Waals surface area contributed by atoms with E-state index in [0.717, 1.165) is 0 Å². The molecule has 0 aliphatic rings. The van der Waals surface area contributed by atoms with E-state index in [1.165, 1.54) is 0 Å². The third kappa shape index (κ3) is 4.79. The predicted octanol–water partition coefficient (Wildman–Crippen LogP) is 3.42. The number of likely N-dealkylation sites (N-methyl/N-ethyl adjacent to an activating group) is 1. The van der Waals surface area contributed by atoms with Gasteiger partial charge in [0, 0.05) is 22.1 Å². The number of rotatable bonds is 5. The van der Waals surface area contributed by atoms with Crippen molar-refractivity contribution in [3.8, 4) is 0 Å². The zero-order valence-corrected chi connectivity index (χ0v) is 14.0. The molecule has 106 valence electrons. The van der Waals surface area contributed by atoms with Gasteiger partial charge in [0.05, 0.1) is 5.56 Å². The molecule has 1 aromatic rings. The van der Waals surface area contributed by atoms with Gasteiger partial charge in [-0.05, 0) is 54.1 Å². The summed E-state index contributed by atoms with van der Waals surface area (Å²) in [6.07, 6.45) is 0. The van der Waals surface area contributed by atoms with Crippen molar-refractivity contribution in [1.29, 1.82) is 0 Å². The van der Waals surface area contributed by atoms with Crippen LogP contribution in [0.25, 0.3) is 0 Å². The minimum Gasteiger partial charge on any atom is -0.350 e. The van der Waals surface area contributed by atoms with Gasteiger partial charge in [-0.15, -0.1) is 0 Å². The summed E-state index contributed by atoms with van der Waals surface area (Å²) in [5.41, 5.74) is 0.602. The standard InChI is InChI=1S/C14H20BrClN2O/c1-9(2)13(18(3)4)8-17-14(19)11-6-5-10(16)7-12(11)15/h5-7,9,13H,8H2,1-4H3,(H,17,19). The lowest BCUT2D eigenvalue weighted by molar-refractivity contribution is 0.0934. The smallest absolute Gasteiger partial charge is 0.252 e. The maximum absolute atomic E-state index is 12.1. The van der Waals surface area contributed by atoms with Gasteiger partial charge < -0.3 is 10.2 Å². The zero-order chi connectivity index (χ0) is 14.6. The van der Waals surface area contributed by atoms with Crippen LogP contribution < -0.4 is 5.32 Å². The van der Waals surface area contributed by atoms with Crippen LogP contribution >= 0.6 is 27.5 Å². The molecule has 0 fully saturated rings. The zero-order valence-electron chi connectivity index (χ0n) is 11.7. The molecule has 0 aliphatic carbocycles. The number of nitrogens with zero attached hydrogens (tertiary/aromatic N) is 1. The van der Waals surface area contributed by atoms with Crippen LogP contribution in [0.2, 0.25) is 5.02 Å². The Morgan fingerprint density at radius 1 is 1.42 bits per heavy atom. The molecule has 1 N–H and O–H groups in total. The number of amides is 1. The lowest BCUT2D eigenvalue weighted by Crippen LogP contribution is -2.43. The van der Waals surface area contributed by atoms with E-state index in [2.05, 4.69) is 40.0 Å². The lowest BCUT2D eigenvalue weighted by Gasteiger charge is -2.28. The van der Waals surface area contributed by atoms with E-state index in [1.807, 2.05) is 14.1 Å². The maximum atomic E-state index is 12.1. The highest BCUT2D eigenvalue weighted by molar-refractivity contribution is 9.10. The van der Waals surface area contributed by atoms with Crippen molar-refractivity contribution < 1.29 is 4.79 Å². The number of benzene rings is 1. The fourth-order valence-electron chi connectivity index (χ4n) is 1.98. The normalized spacial score (nSPS) is 12.8. The fraction of sp³-hybridized carbons (Fsp3) is 0.500. The molecular formula is C14H20BrClN2O. The highest BCUT2D eigenvalue weighted by Crippen LogP contribution is 2.21. The Morgan fingerprint density at radius 3 is 2.53 bits per heavy atom. The van der Waals surface area contributed by atoms with Gasteiger partial charge in [0.1, 0.15) is 0 Å². The molecule has 0 saturated carbocycles. The van der Waals surface area contributed by atoms with Gasteiger partial charge in [-0.3, -0.25) is 4.79 Å². The van der Waals surface area contributed by atoms with Crippen LogP contribution in [0, 0.1) is 5.92 Å². The average Bonchev–Trinajstić information content (AvgIpc) is 2.27. The molecule has 0 bridgehead atoms. The molecule has 1 atom stereocenters. The van der Waals surface area contributed by atoms with Crippen LogP contribution in [0.1, 0.15) is 24.2 Å². The van der Waals surface area contributed by atoms with E-state index in [1.54, 1.807) is 18.2 Å². The van der Waals surface area contributed by atoms with Gasteiger partial charge >= 0.3 is 0 Å². The van der Waals surface area contributed by atoms with Gasteiger partial charge in [-0.2, -0.15) is 0 Å². The third-order valence-corrected chi connectivity index (χ3v) is 3.97. The summed E-state index contributed by atoms with van der Waals surface area (Å²) >= 11 is 9.22. The molecule has 0 aliphatic heterocycles. The second kappa shape index (κ2) is 7.27. The summed E-state index contributed by atoms with van der Waals surface area (Å²) in [6.45, 7) is 4.92. The SMILES string of the molecule is CC(C)C(CNC(=O)c1ccc(Cl)cc1Br)N(C)C. The molecule has 0 radical (unpaired) electrons. The Bertz CT molecular complexity index is 441. The molecule has 1 unspecified atom stereocenters. The maximum Gasteiger partial charge on any atom is 0.252 e. The monoisotopic (exact) mass is 346 g/mol. The molecule has 0 saturated heterocycles. The van der Waals surface area contributed by atoms with Crippen molar-refractivity contribution in [1.82, 2.24) is 10.2 Å². The third-order valence-electron chi connectivity index (χ3n) is 3.08. The molecule has 0 heterocycles. The Labute approximate surface area is 128 Å². The summed E-state index contributed by atoms with van der Waals surface area (Å²) in [7, 11) is 4.05. The molecule has 1 aromatic carbocycles. The number of carbonyl (C=O) groups is 1. The van der Waals surface area contributed by atoms with E-state index in [4.69, 9.17) is 11.6 Å². The summed E-state index contributed by atoms with van der Waals surface area (Å²) in [5.74, 6) is 0.389. The molecule has 19 heavy (non-hydrogen) atoms. The minimum atomic E-state index is -0.0870. The van der Waals surface area contributed by atoms with Crippen LogP contribution in [0.3, 0.4) is 0 Å². The van der Waals surface area contributed by atoms with Crippen molar-refractivity contribution in [3.05, 3.63) is 33.3 Å². The Balaban J connectivity index is 2.69. The van der Waals surface area contributed by atoms with Crippen molar-refractivity contribution in [2.45, 2.75) is 19.9 Å². The number of carbonyl (C=O) groups excluding carboxylic acids is 1. The van der Waals surface area contributed by atoms with Gasteiger partial charge in [-0.1, -0.05) is 25.4 Å². The molecular weight excluding hydrogens is 328 g/mol. The van der Waals surface area contributed by atoms with E-state index >= 15 is 0 Å². The number of hydrogen-bond donors (Lipinski definition) is 1. The van der Waals surface area contributed by atoms with Crippen LogP contribution in [0.4, 0.5) is 0 Å². The Kier molecular flexibility index (Phi) is 6.30. The molecule has 1 amide bonds. The predicted molar refractivity (Wildman–Crippen MR) is 83.8 cm³/mol. The molecule has 0 aromatic heterocycles. The molecule has 5 heteroatoms. The Hall–Kier alpha value is -0.580. The van der Waals surface area contributed by atoms with E-state index in [0.29, 0.717) is 33.6 Å². The topological polar surface area (TPSA) is 32.3 Å². The number of nitrogens with one attached hydrogen (secondary N) is 1. The molecule has 1 rings (SSSR count). The van der Waals surface area contributed by atoms with Gasteiger partial charge in [0.15, 0.2) is 0 Å². The quantitative estimate of drug-likeness (QED) is 0.885. The highest BCUT2D eigenvalue weighted by atomic mass is 79.9. The van der Waals surface area contributed by atoms with E-state index in [9.17, 15) is 4.79 Å². The second-order valence-electron chi connectivity index (χ2n) is 5.11. The van der Waals surface area contributed by atoms with Crippen LogP contribution in [0.5, 0.6) is 0 Å². The summed E-state index contributed by atoms with van der Waals surface area (Å²) in [4.78, 5) is 14.3. The van der Waals surface area contributed by atoms with Gasteiger partial charge in [-0.25, -0.2) is 0 Å². The van der Waals surface area contributed by atoms with Crippen molar-refractivity contribution in [2.24, 2.45) is 5.92 Å². The first-order chi connectivity index (χ1) is 8.82. The highest BCUT2D eigenvalue weighted by Gasteiger charge is 2.18. The van der Waals surface area contributed by atoms with E-state index < -0.39 is 0 Å². The second-order valence-corrected chi connectivity index (χ2v) is 6.40. The molecule has 3 nitrogen and oxygen atoms in total. The largest absolute Gasteiger partial charge is 0.350 e. The average molecular weight is 348 g/mol. The lowest BCUT2D eigenvalue weighted by atomic mass is 10.0. The number of halogens is 2. The number of hydrogen-bond acceptors (Lipinski definition) is 2. The summed E-state index contributed by atoms with van der Waals surface area (Å²) in [6, 6.07) is 5.48. The first-order valence-corrected chi connectivity index (χ1v) is 7.39. The van der Waals surface area contributed by atoms with Crippen molar-refractivity contribution in [2.75, 3.05) is 20.6 Å². The minimum absolute atomic E-state index is 0.0870. The Morgan fingerprint density at radius 2 is 2.05 bits per heavy atom. The fourth-order valence-corrected chi connectivity index (χ4v) is 2.84. The summed E-state index contributed by atoms with van der Waals surface area (Å²) < 4.78 is 0.712. The van der Waals surface area contributed by atoms with E-state index in [-0.39, 0.29) is 5.91 Å². The summed E-state index contributed by atoms with van der Waals surface area (Å²) in [5, 5.41) is 3.58. The van der Waals surface area contributed by atoms with Crippen molar-refractivity contribution >= 4 is 33.4 Å². The van der Waals surface area contributed by atoms with Gasteiger partial charge in [0.25, 0.3) is 5.91 Å². The van der Waals surface area contributed by atoms with Crippen molar-refractivity contribution in [3.63, 3.8) is 0 Å². The van der Waals surface area contributed by atoms with Gasteiger partial charge in [0.2, 0.25) is 0 Å².